The number of para-hydroxylation sites is 2. The van der Waals surface area contributed by atoms with Gasteiger partial charge in [-0.25, -0.2) is 0 Å². The molecular weight excluding hydrogens is 428 g/mol. The largest absolute Gasteiger partial charge is 0.349 e. The fourth-order valence-corrected chi connectivity index (χ4v) is 5.44. The van der Waals surface area contributed by atoms with Crippen LogP contribution in [-0.2, 0) is 0 Å². The lowest BCUT2D eigenvalue weighted by Gasteiger charge is -1.98. The minimum atomic E-state index is 1.18. The van der Waals surface area contributed by atoms with Crippen LogP contribution in [0.25, 0.3) is 32.9 Å². The average molecular weight is 451 g/mol. The van der Waals surface area contributed by atoms with Gasteiger partial charge >= 0.3 is 0 Å². The zero-order valence-electron chi connectivity index (χ0n) is 17.4. The van der Waals surface area contributed by atoms with Crippen molar-refractivity contribution < 1.29 is 0 Å². The number of aromatic amines is 2. The molecule has 6 rings (SSSR count). The van der Waals surface area contributed by atoms with Crippen molar-refractivity contribution in [3.05, 3.63) is 121 Å². The lowest BCUT2D eigenvalue weighted by Crippen LogP contribution is -1.73. The molecule has 156 valence electrons. The molecule has 0 amide bonds. The molecule has 0 fully saturated rings. The van der Waals surface area contributed by atoms with E-state index in [2.05, 4.69) is 119 Å². The summed E-state index contributed by atoms with van der Waals surface area (Å²) in [6.45, 7) is 0. The van der Waals surface area contributed by atoms with Crippen LogP contribution in [-0.4, -0.2) is 9.97 Å². The molecule has 0 unspecified atom stereocenters. The summed E-state index contributed by atoms with van der Waals surface area (Å²) in [5.74, 6) is 0. The second-order valence-corrected chi connectivity index (χ2v) is 9.55. The second kappa shape index (κ2) is 9.86. The molecule has 0 spiro atoms. The molecule has 0 atom stereocenters. The standard InChI is InChI=1S/C16H12N2S2.C12H10/c1-3-7-13-11(5-1)9-15(17-13)19-20-16-10-12-6-2-4-8-14(12)18-16;1-3-7-11(8-4-1)12-9-5-2-6-10-12/h1-10,17-18H;1-10H. The molecule has 4 aromatic carbocycles. The van der Waals surface area contributed by atoms with Crippen molar-refractivity contribution in [2.24, 2.45) is 0 Å². The average Bonchev–Trinajstić information content (AvgIpc) is 3.48. The van der Waals surface area contributed by atoms with Crippen molar-refractivity contribution in [3.8, 4) is 11.1 Å². The zero-order chi connectivity index (χ0) is 21.6. The van der Waals surface area contributed by atoms with Gasteiger partial charge in [-0.05, 0) is 57.0 Å². The molecule has 0 saturated carbocycles. The number of rotatable bonds is 4. The number of aromatic nitrogens is 2. The molecule has 0 aliphatic heterocycles. The van der Waals surface area contributed by atoms with E-state index in [1.54, 1.807) is 21.6 Å². The van der Waals surface area contributed by atoms with Crippen LogP contribution in [0.2, 0.25) is 0 Å². The van der Waals surface area contributed by atoms with E-state index in [0.717, 1.165) is 0 Å². The number of H-pyrrole nitrogens is 2. The molecule has 6 aromatic rings. The molecule has 2 nitrogen and oxygen atoms in total. The minimum Gasteiger partial charge on any atom is -0.349 e. The van der Waals surface area contributed by atoms with Gasteiger partial charge in [0.25, 0.3) is 0 Å². The zero-order valence-corrected chi connectivity index (χ0v) is 19.0. The quantitative estimate of drug-likeness (QED) is 0.263. The van der Waals surface area contributed by atoms with Crippen LogP contribution in [0.15, 0.2) is 131 Å². The summed E-state index contributed by atoms with van der Waals surface area (Å²) in [6, 6.07) is 41.9. The molecular formula is C28H22N2S2. The van der Waals surface area contributed by atoms with Crippen LogP contribution in [0.4, 0.5) is 0 Å². The Kier molecular flexibility index (Phi) is 6.33. The fourth-order valence-electron chi connectivity index (χ4n) is 3.53. The predicted molar refractivity (Wildman–Crippen MR) is 140 cm³/mol. The Bertz CT molecular complexity index is 1240. The van der Waals surface area contributed by atoms with Crippen molar-refractivity contribution in [2.75, 3.05) is 0 Å². The molecule has 2 N–H and O–H groups in total. The Balaban J connectivity index is 0.000000154. The number of benzene rings is 4. The third kappa shape index (κ3) is 4.93. The van der Waals surface area contributed by atoms with Crippen molar-refractivity contribution in [2.45, 2.75) is 10.1 Å². The number of hydrogen-bond acceptors (Lipinski definition) is 2. The third-order valence-corrected chi connectivity index (χ3v) is 7.32. The Hall–Kier alpha value is -3.34. The van der Waals surface area contributed by atoms with Gasteiger partial charge in [0.15, 0.2) is 0 Å². The van der Waals surface area contributed by atoms with Gasteiger partial charge in [-0.15, -0.1) is 0 Å². The SMILES string of the molecule is c1ccc(-c2ccccc2)cc1.c1ccc2[nH]c(SSc3cc4ccccc4[nH]3)cc2c1. The topological polar surface area (TPSA) is 31.6 Å². The molecule has 32 heavy (non-hydrogen) atoms. The molecule has 2 aromatic heterocycles. The first-order valence-electron chi connectivity index (χ1n) is 10.5. The van der Waals surface area contributed by atoms with Crippen LogP contribution in [0, 0.1) is 0 Å². The van der Waals surface area contributed by atoms with Crippen LogP contribution in [0.3, 0.4) is 0 Å². The summed E-state index contributed by atoms with van der Waals surface area (Å²) >= 11 is 0. The monoisotopic (exact) mass is 450 g/mol. The Morgan fingerprint density at radius 3 is 1.19 bits per heavy atom. The highest BCUT2D eigenvalue weighted by Crippen LogP contribution is 2.38. The Labute approximate surface area is 195 Å². The highest BCUT2D eigenvalue weighted by molar-refractivity contribution is 8.76. The van der Waals surface area contributed by atoms with E-state index in [0.29, 0.717) is 0 Å². The highest BCUT2D eigenvalue weighted by atomic mass is 33.1. The maximum absolute atomic E-state index is 3.43. The lowest BCUT2D eigenvalue weighted by molar-refractivity contribution is 1.24. The number of fused-ring (bicyclic) bond motifs is 2. The predicted octanol–water partition coefficient (Wildman–Crippen LogP) is 8.80. The molecule has 4 heteroatoms. The van der Waals surface area contributed by atoms with Gasteiger partial charge in [0, 0.05) is 21.8 Å². The van der Waals surface area contributed by atoms with Crippen LogP contribution >= 0.6 is 21.6 Å². The third-order valence-electron chi connectivity index (χ3n) is 5.11. The van der Waals surface area contributed by atoms with E-state index in [4.69, 9.17) is 0 Å². The number of nitrogens with one attached hydrogen (secondary N) is 2. The van der Waals surface area contributed by atoms with Crippen LogP contribution in [0.5, 0.6) is 0 Å². The van der Waals surface area contributed by atoms with E-state index >= 15 is 0 Å². The lowest BCUT2D eigenvalue weighted by atomic mass is 10.1. The van der Waals surface area contributed by atoms with Crippen molar-refractivity contribution in [3.63, 3.8) is 0 Å². The van der Waals surface area contributed by atoms with Crippen molar-refractivity contribution in [1.29, 1.82) is 0 Å². The fraction of sp³-hybridized carbons (Fsp3) is 0. The molecule has 0 aliphatic carbocycles. The first-order chi connectivity index (χ1) is 15.8. The first-order valence-corrected chi connectivity index (χ1v) is 12.6. The maximum atomic E-state index is 3.43. The summed E-state index contributed by atoms with van der Waals surface area (Å²) in [7, 11) is 3.49. The van der Waals surface area contributed by atoms with Gasteiger partial charge in [0.1, 0.15) is 0 Å². The van der Waals surface area contributed by atoms with Crippen LogP contribution < -0.4 is 0 Å². The van der Waals surface area contributed by atoms with E-state index in [1.807, 2.05) is 12.1 Å². The second-order valence-electron chi connectivity index (χ2n) is 7.34. The Morgan fingerprint density at radius 1 is 0.406 bits per heavy atom. The van der Waals surface area contributed by atoms with Gasteiger partial charge in [0.2, 0.25) is 0 Å². The summed E-state index contributed by atoms with van der Waals surface area (Å²) < 4.78 is 0. The van der Waals surface area contributed by atoms with Crippen molar-refractivity contribution >= 4 is 43.4 Å². The molecule has 0 bridgehead atoms. The van der Waals surface area contributed by atoms with E-state index in [1.165, 1.54) is 43.0 Å². The first kappa shape index (κ1) is 20.6. The van der Waals surface area contributed by atoms with Gasteiger partial charge in [-0.2, -0.15) is 0 Å². The maximum Gasteiger partial charge on any atom is 0.0844 e. The summed E-state index contributed by atoms with van der Waals surface area (Å²) in [5.41, 5.74) is 4.93. The minimum absolute atomic E-state index is 1.18. The molecule has 0 saturated heterocycles. The molecule has 0 radical (unpaired) electrons. The van der Waals surface area contributed by atoms with Gasteiger partial charge in [0.05, 0.1) is 10.1 Å². The van der Waals surface area contributed by atoms with Crippen molar-refractivity contribution in [1.82, 2.24) is 9.97 Å². The van der Waals surface area contributed by atoms with E-state index < -0.39 is 0 Å². The Morgan fingerprint density at radius 2 is 0.781 bits per heavy atom. The van der Waals surface area contributed by atoms with Gasteiger partial charge < -0.3 is 9.97 Å². The molecule has 2 heterocycles. The molecule has 0 aliphatic rings. The van der Waals surface area contributed by atoms with Gasteiger partial charge in [-0.3, -0.25) is 0 Å². The summed E-state index contributed by atoms with van der Waals surface area (Å²) in [6.07, 6.45) is 0. The number of hydrogen-bond donors (Lipinski definition) is 2. The van der Waals surface area contributed by atoms with Crippen LogP contribution in [0.1, 0.15) is 0 Å². The summed E-state index contributed by atoms with van der Waals surface area (Å²) in [5, 5.41) is 4.87. The van der Waals surface area contributed by atoms with E-state index in [-0.39, 0.29) is 0 Å². The highest BCUT2D eigenvalue weighted by Gasteiger charge is 2.04. The van der Waals surface area contributed by atoms with E-state index in [9.17, 15) is 0 Å². The smallest absolute Gasteiger partial charge is 0.0844 e. The van der Waals surface area contributed by atoms with Gasteiger partial charge in [-0.1, -0.05) is 97.1 Å². The summed E-state index contributed by atoms with van der Waals surface area (Å²) in [4.78, 5) is 6.86. The normalized spacial score (nSPS) is 10.8.